The predicted octanol–water partition coefficient (Wildman–Crippen LogP) is 1.61. The van der Waals surface area contributed by atoms with Crippen LogP contribution >= 0.6 is 15.9 Å². The highest BCUT2D eigenvalue weighted by molar-refractivity contribution is 9.10. The average Bonchev–Trinajstić information content (AvgIpc) is 2.67. The summed E-state index contributed by atoms with van der Waals surface area (Å²) in [5.41, 5.74) is 2.58. The SMILES string of the molecule is Cn1ncc2c3nc(Br)cnc3[nH]c21. The third-order valence-electron chi connectivity index (χ3n) is 2.17. The molecule has 0 saturated carbocycles. The first-order valence-electron chi connectivity index (χ1n) is 4.07. The van der Waals surface area contributed by atoms with E-state index < -0.39 is 0 Å². The normalized spacial score (nSPS) is 11.6. The van der Waals surface area contributed by atoms with Crippen molar-refractivity contribution in [3.05, 3.63) is 17.0 Å². The molecule has 70 valence electrons. The van der Waals surface area contributed by atoms with Crippen LogP contribution in [0.3, 0.4) is 0 Å². The van der Waals surface area contributed by atoms with Crippen LogP contribution in [0.15, 0.2) is 17.0 Å². The highest BCUT2D eigenvalue weighted by Gasteiger charge is 2.09. The van der Waals surface area contributed by atoms with Crippen LogP contribution in [-0.4, -0.2) is 24.7 Å². The minimum absolute atomic E-state index is 0.731. The molecule has 0 aliphatic carbocycles. The number of aromatic nitrogens is 5. The summed E-state index contributed by atoms with van der Waals surface area (Å²) in [6, 6.07) is 0. The molecule has 1 N–H and O–H groups in total. The molecule has 0 aliphatic heterocycles. The molecule has 3 rings (SSSR count). The largest absolute Gasteiger partial charge is 0.323 e. The lowest BCUT2D eigenvalue weighted by molar-refractivity contribution is 0.787. The number of fused-ring (bicyclic) bond motifs is 3. The lowest BCUT2D eigenvalue weighted by atomic mass is 10.4. The Morgan fingerprint density at radius 2 is 2.29 bits per heavy atom. The van der Waals surface area contributed by atoms with Crippen LogP contribution in [0.2, 0.25) is 0 Å². The fourth-order valence-electron chi connectivity index (χ4n) is 1.52. The average molecular weight is 252 g/mol. The van der Waals surface area contributed by atoms with Gasteiger partial charge in [-0.05, 0) is 15.9 Å². The third kappa shape index (κ3) is 0.913. The van der Waals surface area contributed by atoms with E-state index in [-0.39, 0.29) is 0 Å². The number of hydrogen-bond donors (Lipinski definition) is 1. The van der Waals surface area contributed by atoms with Gasteiger partial charge < -0.3 is 4.98 Å². The Labute approximate surface area is 87.3 Å². The lowest BCUT2D eigenvalue weighted by Gasteiger charge is -1.89. The molecule has 0 unspecified atom stereocenters. The van der Waals surface area contributed by atoms with Crippen LogP contribution in [0.25, 0.3) is 22.2 Å². The Morgan fingerprint density at radius 3 is 3.14 bits per heavy atom. The van der Waals surface area contributed by atoms with Crippen molar-refractivity contribution in [3.63, 3.8) is 0 Å². The molecule has 0 saturated heterocycles. The molecule has 0 radical (unpaired) electrons. The second kappa shape index (κ2) is 2.54. The summed E-state index contributed by atoms with van der Waals surface area (Å²) < 4.78 is 2.50. The van der Waals surface area contributed by atoms with Crippen molar-refractivity contribution in [2.45, 2.75) is 0 Å². The fraction of sp³-hybridized carbons (Fsp3) is 0.125. The van der Waals surface area contributed by atoms with Crippen molar-refractivity contribution in [2.75, 3.05) is 0 Å². The van der Waals surface area contributed by atoms with Gasteiger partial charge in [0.15, 0.2) is 5.65 Å². The highest BCUT2D eigenvalue weighted by atomic mass is 79.9. The second-order valence-electron chi connectivity index (χ2n) is 3.05. The van der Waals surface area contributed by atoms with Gasteiger partial charge in [0.1, 0.15) is 15.8 Å². The predicted molar refractivity (Wildman–Crippen MR) is 55.9 cm³/mol. The molecular weight excluding hydrogens is 246 g/mol. The minimum atomic E-state index is 0.731. The number of aromatic amines is 1. The first-order chi connectivity index (χ1) is 6.75. The van der Waals surface area contributed by atoms with Crippen LogP contribution in [0.4, 0.5) is 0 Å². The Bertz CT molecular complexity index is 622. The molecule has 3 heterocycles. The van der Waals surface area contributed by atoms with Crippen molar-refractivity contribution in [1.82, 2.24) is 24.7 Å². The van der Waals surface area contributed by atoms with Gasteiger partial charge in [0.05, 0.1) is 17.8 Å². The number of halogens is 1. The number of nitrogens with one attached hydrogen (secondary N) is 1. The van der Waals surface area contributed by atoms with E-state index in [0.29, 0.717) is 0 Å². The van der Waals surface area contributed by atoms with Gasteiger partial charge in [-0.25, -0.2) is 9.97 Å². The number of hydrogen-bond acceptors (Lipinski definition) is 3. The molecule has 5 nitrogen and oxygen atoms in total. The van der Waals surface area contributed by atoms with Gasteiger partial charge in [-0.3, -0.25) is 4.68 Å². The maximum atomic E-state index is 4.35. The third-order valence-corrected chi connectivity index (χ3v) is 2.56. The van der Waals surface area contributed by atoms with Crippen molar-refractivity contribution in [1.29, 1.82) is 0 Å². The Kier molecular flexibility index (Phi) is 1.44. The highest BCUT2D eigenvalue weighted by Crippen LogP contribution is 2.22. The maximum Gasteiger partial charge on any atom is 0.158 e. The zero-order valence-corrected chi connectivity index (χ0v) is 8.91. The summed E-state index contributed by atoms with van der Waals surface area (Å²) in [4.78, 5) is 11.7. The van der Waals surface area contributed by atoms with Crippen molar-refractivity contribution in [2.24, 2.45) is 7.05 Å². The van der Waals surface area contributed by atoms with E-state index in [4.69, 9.17) is 0 Å². The summed E-state index contributed by atoms with van der Waals surface area (Å²) in [6.45, 7) is 0. The van der Waals surface area contributed by atoms with E-state index in [1.807, 2.05) is 7.05 Å². The molecule has 3 aromatic rings. The van der Waals surface area contributed by atoms with Crippen molar-refractivity contribution < 1.29 is 0 Å². The molecule has 0 bridgehead atoms. The molecule has 14 heavy (non-hydrogen) atoms. The number of rotatable bonds is 0. The smallest absolute Gasteiger partial charge is 0.158 e. The van der Waals surface area contributed by atoms with Crippen LogP contribution < -0.4 is 0 Å². The number of H-pyrrole nitrogens is 1. The molecular formula is C8H6BrN5. The van der Waals surface area contributed by atoms with E-state index in [0.717, 1.165) is 26.8 Å². The summed E-state index contributed by atoms with van der Waals surface area (Å²) in [6.07, 6.45) is 3.46. The Hall–Kier alpha value is -1.43. The summed E-state index contributed by atoms with van der Waals surface area (Å²) in [5.74, 6) is 0. The van der Waals surface area contributed by atoms with E-state index in [1.165, 1.54) is 0 Å². The van der Waals surface area contributed by atoms with Gasteiger partial charge in [0, 0.05) is 7.05 Å². The van der Waals surface area contributed by atoms with Crippen LogP contribution in [0.5, 0.6) is 0 Å². The van der Waals surface area contributed by atoms with E-state index >= 15 is 0 Å². The van der Waals surface area contributed by atoms with Crippen LogP contribution in [0.1, 0.15) is 0 Å². The van der Waals surface area contributed by atoms with Crippen molar-refractivity contribution in [3.8, 4) is 0 Å². The number of aryl methyl sites for hydroxylation is 1. The zero-order chi connectivity index (χ0) is 9.71. The first-order valence-corrected chi connectivity index (χ1v) is 4.87. The molecule has 0 atom stereocenters. The lowest BCUT2D eigenvalue weighted by Crippen LogP contribution is -1.89. The second-order valence-corrected chi connectivity index (χ2v) is 3.86. The minimum Gasteiger partial charge on any atom is -0.323 e. The molecule has 0 aromatic carbocycles. The Balaban J connectivity index is 2.58. The van der Waals surface area contributed by atoms with Crippen LogP contribution in [0, 0.1) is 0 Å². The topological polar surface area (TPSA) is 59.4 Å². The summed E-state index contributed by atoms with van der Waals surface area (Å²) in [5, 5.41) is 5.13. The molecule has 3 aromatic heterocycles. The zero-order valence-electron chi connectivity index (χ0n) is 7.32. The van der Waals surface area contributed by atoms with Crippen molar-refractivity contribution >= 4 is 38.1 Å². The van der Waals surface area contributed by atoms with Gasteiger partial charge in [-0.15, -0.1) is 0 Å². The molecule has 0 fully saturated rings. The number of nitrogens with zero attached hydrogens (tertiary/aromatic N) is 4. The van der Waals surface area contributed by atoms with Crippen LogP contribution in [-0.2, 0) is 7.05 Å². The standard InChI is InChI=1S/C8H6BrN5/c1-14-8-4(2-11-14)6-7(13-8)10-3-5(9)12-6/h2-3H,1H3,(H,10,13). The van der Waals surface area contributed by atoms with Gasteiger partial charge in [-0.1, -0.05) is 0 Å². The molecule has 0 amide bonds. The molecule has 0 aliphatic rings. The van der Waals surface area contributed by atoms with E-state index in [2.05, 4.69) is 36.0 Å². The summed E-state index contributed by atoms with van der Waals surface area (Å²) >= 11 is 3.29. The Morgan fingerprint density at radius 1 is 1.43 bits per heavy atom. The maximum absolute atomic E-state index is 4.35. The molecule has 0 spiro atoms. The van der Waals surface area contributed by atoms with Gasteiger partial charge in [-0.2, -0.15) is 5.10 Å². The quantitative estimate of drug-likeness (QED) is 0.661. The monoisotopic (exact) mass is 251 g/mol. The first kappa shape index (κ1) is 7.93. The fourth-order valence-corrected chi connectivity index (χ4v) is 1.80. The van der Waals surface area contributed by atoms with Gasteiger partial charge in [0.2, 0.25) is 0 Å². The van der Waals surface area contributed by atoms with Gasteiger partial charge in [0.25, 0.3) is 0 Å². The molecule has 6 heteroatoms. The van der Waals surface area contributed by atoms with E-state index in [9.17, 15) is 0 Å². The van der Waals surface area contributed by atoms with E-state index in [1.54, 1.807) is 17.1 Å². The summed E-state index contributed by atoms with van der Waals surface area (Å²) in [7, 11) is 1.88. The van der Waals surface area contributed by atoms with Gasteiger partial charge >= 0.3 is 0 Å².